The van der Waals surface area contributed by atoms with Crippen molar-refractivity contribution in [2.45, 2.75) is 6.92 Å². The van der Waals surface area contributed by atoms with Crippen molar-refractivity contribution in [2.75, 3.05) is 0 Å². The first-order chi connectivity index (χ1) is 6.81. The molecular formula is C10H9N3O. The number of carbonyl (C=O) groups excluding carboxylic acids is 1. The Hall–Kier alpha value is -1.97. The molecule has 0 unspecified atom stereocenters. The first kappa shape index (κ1) is 8.62. The number of benzene rings is 1. The number of nitrogens with zero attached hydrogens (tertiary/aromatic N) is 2. The number of aldehydes is 1. The number of aryl methyl sites for hydroxylation is 1. The van der Waals surface area contributed by atoms with Gasteiger partial charge in [-0.1, -0.05) is 12.1 Å². The van der Waals surface area contributed by atoms with Crippen LogP contribution in [0.2, 0.25) is 0 Å². The van der Waals surface area contributed by atoms with Gasteiger partial charge in [-0.2, -0.15) is 15.4 Å². The third kappa shape index (κ3) is 1.42. The number of aromatic nitrogens is 3. The first-order valence-electron chi connectivity index (χ1n) is 4.23. The van der Waals surface area contributed by atoms with Crippen molar-refractivity contribution in [1.82, 2.24) is 15.4 Å². The van der Waals surface area contributed by atoms with Gasteiger partial charge in [0.1, 0.15) is 12.0 Å². The lowest BCUT2D eigenvalue weighted by molar-refractivity contribution is 0.112. The van der Waals surface area contributed by atoms with Crippen molar-refractivity contribution in [2.24, 2.45) is 0 Å². The lowest BCUT2D eigenvalue weighted by Crippen LogP contribution is -1.87. The van der Waals surface area contributed by atoms with Crippen molar-refractivity contribution in [1.29, 1.82) is 0 Å². The molecule has 1 aromatic heterocycles. The number of nitrogens with one attached hydrogen (secondary N) is 1. The molecule has 0 spiro atoms. The van der Waals surface area contributed by atoms with Crippen LogP contribution < -0.4 is 0 Å². The Kier molecular flexibility index (Phi) is 2.10. The van der Waals surface area contributed by atoms with Gasteiger partial charge < -0.3 is 0 Å². The van der Waals surface area contributed by atoms with Crippen LogP contribution in [0.25, 0.3) is 11.3 Å². The fraction of sp³-hybridized carbons (Fsp3) is 0.100. The summed E-state index contributed by atoms with van der Waals surface area (Å²) < 4.78 is 0. The van der Waals surface area contributed by atoms with Crippen LogP contribution in [0, 0.1) is 6.92 Å². The highest BCUT2D eigenvalue weighted by Crippen LogP contribution is 2.20. The Morgan fingerprint density at radius 3 is 2.86 bits per heavy atom. The zero-order valence-corrected chi connectivity index (χ0v) is 7.69. The quantitative estimate of drug-likeness (QED) is 0.726. The SMILES string of the molecule is Cc1cc(C=O)ccc1-c1cn[nH]n1. The Bertz CT molecular complexity index is 448. The normalized spacial score (nSPS) is 10.1. The highest BCUT2D eigenvalue weighted by atomic mass is 16.1. The van der Waals surface area contributed by atoms with E-state index in [1.165, 1.54) is 0 Å². The highest BCUT2D eigenvalue weighted by Gasteiger charge is 2.04. The van der Waals surface area contributed by atoms with E-state index in [1.807, 2.05) is 19.1 Å². The van der Waals surface area contributed by atoms with Gasteiger partial charge >= 0.3 is 0 Å². The molecule has 1 N–H and O–H groups in total. The summed E-state index contributed by atoms with van der Waals surface area (Å²) in [6.45, 7) is 1.94. The van der Waals surface area contributed by atoms with E-state index in [9.17, 15) is 4.79 Å². The molecule has 0 bridgehead atoms. The number of hydrogen-bond acceptors (Lipinski definition) is 3. The molecular weight excluding hydrogens is 178 g/mol. The summed E-state index contributed by atoms with van der Waals surface area (Å²) in [6.07, 6.45) is 2.49. The van der Waals surface area contributed by atoms with Crippen LogP contribution in [0.5, 0.6) is 0 Å². The van der Waals surface area contributed by atoms with Gasteiger partial charge in [-0.3, -0.25) is 4.79 Å². The molecule has 0 radical (unpaired) electrons. The van der Waals surface area contributed by atoms with Gasteiger partial charge in [0.25, 0.3) is 0 Å². The van der Waals surface area contributed by atoms with Crippen molar-refractivity contribution in [3.63, 3.8) is 0 Å². The zero-order valence-electron chi connectivity index (χ0n) is 7.69. The molecule has 0 saturated heterocycles. The molecule has 4 heteroatoms. The van der Waals surface area contributed by atoms with Crippen LogP contribution >= 0.6 is 0 Å². The summed E-state index contributed by atoms with van der Waals surface area (Å²) in [5.41, 5.74) is 3.47. The van der Waals surface area contributed by atoms with Gasteiger partial charge in [-0.25, -0.2) is 0 Å². The molecule has 2 rings (SSSR count). The summed E-state index contributed by atoms with van der Waals surface area (Å²) in [5, 5.41) is 10.3. The minimum Gasteiger partial charge on any atom is -0.298 e. The van der Waals surface area contributed by atoms with Gasteiger partial charge in [-0.15, -0.1) is 0 Å². The summed E-state index contributed by atoms with van der Waals surface area (Å²) in [6, 6.07) is 5.47. The summed E-state index contributed by atoms with van der Waals surface area (Å²) in [7, 11) is 0. The third-order valence-electron chi connectivity index (χ3n) is 2.08. The number of H-pyrrole nitrogens is 1. The molecule has 0 aliphatic carbocycles. The van der Waals surface area contributed by atoms with E-state index < -0.39 is 0 Å². The molecule has 2 aromatic rings. The largest absolute Gasteiger partial charge is 0.298 e. The molecule has 0 atom stereocenters. The first-order valence-corrected chi connectivity index (χ1v) is 4.23. The standard InChI is InChI=1S/C10H9N3O/c1-7-4-8(6-14)2-3-9(7)10-5-11-13-12-10/h2-6H,1H3,(H,11,12,13). The topological polar surface area (TPSA) is 58.6 Å². The molecule has 1 heterocycles. The van der Waals surface area contributed by atoms with E-state index in [-0.39, 0.29) is 0 Å². The number of hydrogen-bond donors (Lipinski definition) is 1. The summed E-state index contributed by atoms with van der Waals surface area (Å²) in [5.74, 6) is 0. The van der Waals surface area contributed by atoms with Gasteiger partial charge in [0.15, 0.2) is 0 Å². The molecule has 0 saturated carbocycles. The third-order valence-corrected chi connectivity index (χ3v) is 2.08. The van der Waals surface area contributed by atoms with Crippen LogP contribution in [0.15, 0.2) is 24.4 Å². The number of rotatable bonds is 2. The maximum atomic E-state index is 10.5. The summed E-state index contributed by atoms with van der Waals surface area (Å²) >= 11 is 0. The fourth-order valence-corrected chi connectivity index (χ4v) is 1.38. The molecule has 1 aromatic carbocycles. The molecule has 0 aliphatic heterocycles. The molecule has 4 nitrogen and oxygen atoms in total. The predicted octanol–water partition coefficient (Wildman–Crippen LogP) is 1.59. The second-order valence-corrected chi connectivity index (χ2v) is 3.05. The maximum Gasteiger partial charge on any atom is 0.150 e. The van der Waals surface area contributed by atoms with E-state index in [4.69, 9.17) is 0 Å². The second kappa shape index (κ2) is 3.41. The monoisotopic (exact) mass is 187 g/mol. The summed E-state index contributed by atoms with van der Waals surface area (Å²) in [4.78, 5) is 10.5. The Morgan fingerprint density at radius 2 is 2.29 bits per heavy atom. The van der Waals surface area contributed by atoms with Gasteiger partial charge in [0, 0.05) is 11.1 Å². The molecule has 0 amide bonds. The Balaban J connectivity index is 2.51. The highest BCUT2D eigenvalue weighted by molar-refractivity contribution is 5.77. The molecule has 14 heavy (non-hydrogen) atoms. The van der Waals surface area contributed by atoms with E-state index in [0.717, 1.165) is 23.1 Å². The van der Waals surface area contributed by atoms with Gasteiger partial charge in [0.2, 0.25) is 0 Å². The second-order valence-electron chi connectivity index (χ2n) is 3.05. The van der Waals surface area contributed by atoms with Crippen molar-refractivity contribution in [3.05, 3.63) is 35.5 Å². The van der Waals surface area contributed by atoms with Crippen molar-refractivity contribution < 1.29 is 4.79 Å². The van der Waals surface area contributed by atoms with E-state index in [0.29, 0.717) is 5.56 Å². The lowest BCUT2D eigenvalue weighted by Gasteiger charge is -2.01. The molecule has 70 valence electrons. The number of carbonyl (C=O) groups is 1. The van der Waals surface area contributed by atoms with Crippen LogP contribution in [0.4, 0.5) is 0 Å². The van der Waals surface area contributed by atoms with Crippen molar-refractivity contribution >= 4 is 6.29 Å². The van der Waals surface area contributed by atoms with E-state index in [1.54, 1.807) is 12.3 Å². The van der Waals surface area contributed by atoms with Crippen LogP contribution in [0.1, 0.15) is 15.9 Å². The Labute approximate surface area is 81.0 Å². The minimum atomic E-state index is 0.676. The van der Waals surface area contributed by atoms with Gasteiger partial charge in [-0.05, 0) is 18.6 Å². The van der Waals surface area contributed by atoms with Crippen LogP contribution in [0.3, 0.4) is 0 Å². The van der Waals surface area contributed by atoms with E-state index in [2.05, 4.69) is 15.4 Å². The Morgan fingerprint density at radius 1 is 1.43 bits per heavy atom. The fourth-order valence-electron chi connectivity index (χ4n) is 1.38. The van der Waals surface area contributed by atoms with Gasteiger partial charge in [0.05, 0.1) is 6.20 Å². The van der Waals surface area contributed by atoms with E-state index >= 15 is 0 Å². The minimum absolute atomic E-state index is 0.676. The average molecular weight is 187 g/mol. The molecule has 0 fully saturated rings. The average Bonchev–Trinajstić information content (AvgIpc) is 2.70. The maximum absolute atomic E-state index is 10.5. The van der Waals surface area contributed by atoms with Crippen LogP contribution in [-0.4, -0.2) is 21.7 Å². The number of aromatic amines is 1. The zero-order chi connectivity index (χ0) is 9.97. The van der Waals surface area contributed by atoms with Crippen LogP contribution in [-0.2, 0) is 0 Å². The lowest BCUT2D eigenvalue weighted by atomic mass is 10.0. The smallest absolute Gasteiger partial charge is 0.150 e. The predicted molar refractivity (Wildman–Crippen MR) is 51.9 cm³/mol. The molecule has 0 aliphatic rings. The van der Waals surface area contributed by atoms with Crippen molar-refractivity contribution in [3.8, 4) is 11.3 Å².